The van der Waals surface area contributed by atoms with Gasteiger partial charge in [-0.15, -0.1) is 22.7 Å². The van der Waals surface area contributed by atoms with Gasteiger partial charge in [-0.1, -0.05) is 182 Å². The molecule has 2 aliphatic rings. The predicted octanol–water partition coefficient (Wildman–Crippen LogP) is 18.4. The molecule has 2 N–H and O–H groups in total. The summed E-state index contributed by atoms with van der Waals surface area (Å²) in [6.07, 6.45) is 0. The fraction of sp³-hybridized carbons (Fsp3) is 0.0286. The van der Waals surface area contributed by atoms with Crippen molar-refractivity contribution < 1.29 is 4.42 Å². The standard InChI is InChI=1S/C70H43N3OS2/c71-68(54-25-13-23-51-50-21-4-9-30-62(50)76-67(51)54)73-69(53-24-14-32-64-66(53)52-22-5-10-31-63(52)75-64)72-40-45-17-12-29-61-65(45)55-38-43(34-36-60(55)74-61)41-15-11-16-42(37-41)44-33-35-49-48-20-3-8-28-58(48)70(59(49)39-44)56-26-6-1-18-46(56)47-19-2-7-27-57(47)70/h1-39H,40H2,(H2,71,72,73). The van der Waals surface area contributed by atoms with Crippen molar-refractivity contribution in [3.05, 3.63) is 276 Å². The number of fused-ring (bicyclic) bond motifs is 19. The number of nitrogens with zero attached hydrogens (tertiary/aromatic N) is 2. The van der Waals surface area contributed by atoms with E-state index in [4.69, 9.17) is 20.1 Å². The van der Waals surface area contributed by atoms with Gasteiger partial charge >= 0.3 is 0 Å². The van der Waals surface area contributed by atoms with Crippen molar-refractivity contribution in [3.63, 3.8) is 0 Å². The van der Waals surface area contributed by atoms with E-state index in [-0.39, 0.29) is 0 Å². The van der Waals surface area contributed by atoms with Gasteiger partial charge in [-0.25, -0.2) is 4.99 Å². The average molecular weight is 1010 g/mol. The summed E-state index contributed by atoms with van der Waals surface area (Å²) in [6.45, 7) is 0.363. The average Bonchev–Trinajstić information content (AvgIpc) is 4.42. The first-order chi connectivity index (χ1) is 37.6. The Morgan fingerprint density at radius 1 is 0.408 bits per heavy atom. The topological polar surface area (TPSA) is 63.9 Å². The van der Waals surface area contributed by atoms with Crippen LogP contribution in [0.4, 0.5) is 0 Å². The molecular weight excluding hydrogens is 963 g/mol. The number of benzene rings is 11. The molecule has 0 amide bonds. The Morgan fingerprint density at radius 3 is 1.74 bits per heavy atom. The molecule has 14 aromatic rings. The third-order valence-corrected chi connectivity index (χ3v) is 18.4. The van der Waals surface area contributed by atoms with Gasteiger partial charge in [0.25, 0.3) is 0 Å². The molecule has 356 valence electrons. The molecule has 0 aliphatic heterocycles. The second-order valence-electron chi connectivity index (χ2n) is 20.0. The zero-order valence-corrected chi connectivity index (χ0v) is 42.6. The molecule has 6 heteroatoms. The molecule has 0 unspecified atom stereocenters. The molecule has 0 bridgehead atoms. The van der Waals surface area contributed by atoms with Crippen LogP contribution in [0.3, 0.4) is 0 Å². The van der Waals surface area contributed by atoms with Crippen LogP contribution in [0.2, 0.25) is 0 Å². The Kier molecular flexibility index (Phi) is 9.47. The fourth-order valence-corrected chi connectivity index (χ4v) is 15.1. The molecule has 0 atom stereocenters. The van der Waals surface area contributed by atoms with Crippen LogP contribution >= 0.6 is 22.7 Å². The number of nitrogens with two attached hydrogens (primary N) is 1. The summed E-state index contributed by atoms with van der Waals surface area (Å²) in [6, 6.07) is 85.9. The molecule has 76 heavy (non-hydrogen) atoms. The molecule has 3 heterocycles. The molecule has 16 rings (SSSR count). The summed E-state index contributed by atoms with van der Waals surface area (Å²) >= 11 is 3.54. The van der Waals surface area contributed by atoms with Gasteiger partial charge in [0.2, 0.25) is 0 Å². The molecule has 0 saturated carbocycles. The van der Waals surface area contributed by atoms with Crippen LogP contribution in [-0.4, -0.2) is 11.7 Å². The number of amidine groups is 2. The van der Waals surface area contributed by atoms with E-state index in [1.807, 2.05) is 0 Å². The van der Waals surface area contributed by atoms with E-state index in [9.17, 15) is 0 Å². The molecule has 3 aromatic heterocycles. The summed E-state index contributed by atoms with van der Waals surface area (Å²) in [7, 11) is 0. The van der Waals surface area contributed by atoms with Crippen LogP contribution in [0.25, 0.3) is 107 Å². The van der Waals surface area contributed by atoms with Crippen molar-refractivity contribution in [2.75, 3.05) is 0 Å². The zero-order valence-electron chi connectivity index (χ0n) is 40.9. The van der Waals surface area contributed by atoms with Crippen LogP contribution < -0.4 is 5.73 Å². The lowest BCUT2D eigenvalue weighted by molar-refractivity contribution is 0.668. The molecule has 2 aliphatic carbocycles. The van der Waals surface area contributed by atoms with Gasteiger partial charge in [0, 0.05) is 62.2 Å². The van der Waals surface area contributed by atoms with Crippen molar-refractivity contribution in [2.24, 2.45) is 15.7 Å². The highest BCUT2D eigenvalue weighted by molar-refractivity contribution is 7.26. The van der Waals surface area contributed by atoms with E-state index >= 15 is 0 Å². The highest BCUT2D eigenvalue weighted by Gasteiger charge is 2.51. The van der Waals surface area contributed by atoms with Crippen LogP contribution in [0.5, 0.6) is 0 Å². The van der Waals surface area contributed by atoms with Crippen LogP contribution in [0, 0.1) is 0 Å². The molecule has 0 saturated heterocycles. The van der Waals surface area contributed by atoms with Crippen LogP contribution in [-0.2, 0) is 12.0 Å². The number of thiophene rings is 2. The van der Waals surface area contributed by atoms with E-state index < -0.39 is 5.41 Å². The van der Waals surface area contributed by atoms with E-state index in [1.165, 1.54) is 85.9 Å². The number of hydrogen-bond acceptors (Lipinski definition) is 4. The van der Waals surface area contributed by atoms with Crippen molar-refractivity contribution in [2.45, 2.75) is 12.0 Å². The molecule has 0 fully saturated rings. The maximum absolute atomic E-state index is 7.16. The Labute approximate surface area is 446 Å². The molecular formula is C70H43N3OS2. The molecule has 1 spiro atoms. The van der Waals surface area contributed by atoms with Crippen LogP contribution in [0.15, 0.2) is 251 Å². The summed E-state index contributed by atoms with van der Waals surface area (Å²) in [5.74, 6) is 1.03. The largest absolute Gasteiger partial charge is 0.456 e. The highest BCUT2D eigenvalue weighted by atomic mass is 32.1. The second kappa shape index (κ2) is 16.7. The quantitative estimate of drug-likeness (QED) is 0.133. The van der Waals surface area contributed by atoms with Gasteiger partial charge in [0.1, 0.15) is 17.0 Å². The van der Waals surface area contributed by atoms with Gasteiger partial charge in [0.15, 0.2) is 5.84 Å². The first kappa shape index (κ1) is 43.2. The molecule has 0 radical (unpaired) electrons. The number of aliphatic imine (C=N–C) groups is 2. The number of hydrogen-bond donors (Lipinski definition) is 1. The maximum atomic E-state index is 7.16. The maximum Gasteiger partial charge on any atom is 0.158 e. The third-order valence-electron chi connectivity index (χ3n) is 16.1. The smallest absolute Gasteiger partial charge is 0.158 e. The fourth-order valence-electron chi connectivity index (χ4n) is 12.8. The summed E-state index contributed by atoms with van der Waals surface area (Å²) in [4.78, 5) is 10.8. The summed E-state index contributed by atoms with van der Waals surface area (Å²) in [5.41, 5.74) is 26.5. The summed E-state index contributed by atoms with van der Waals surface area (Å²) < 4.78 is 11.4. The normalized spacial score (nSPS) is 13.6. The predicted molar refractivity (Wildman–Crippen MR) is 321 cm³/mol. The Hall–Kier alpha value is -9.20. The lowest BCUT2D eigenvalue weighted by Gasteiger charge is -2.30. The Balaban J connectivity index is 0.807. The third kappa shape index (κ3) is 6.29. The van der Waals surface area contributed by atoms with Gasteiger partial charge in [-0.2, -0.15) is 0 Å². The number of furan rings is 1. The second-order valence-corrected chi connectivity index (χ2v) is 22.2. The van der Waals surface area contributed by atoms with Crippen molar-refractivity contribution >= 4 is 96.6 Å². The number of rotatable bonds is 6. The lowest BCUT2D eigenvalue weighted by Crippen LogP contribution is -2.25. The minimum absolute atomic E-state index is 0.363. The van der Waals surface area contributed by atoms with Crippen LogP contribution in [0.1, 0.15) is 38.9 Å². The first-order valence-electron chi connectivity index (χ1n) is 25.8. The minimum Gasteiger partial charge on any atom is -0.456 e. The van der Waals surface area contributed by atoms with Gasteiger partial charge < -0.3 is 10.2 Å². The van der Waals surface area contributed by atoms with E-state index in [0.717, 1.165) is 59.8 Å². The summed E-state index contributed by atoms with van der Waals surface area (Å²) in [5, 5.41) is 6.81. The SMILES string of the molecule is N/C(=N\C(=N/Cc1cccc2oc3ccc(-c4cccc(-c5ccc6c(c5)C5(c7ccccc7-c7ccccc75)c5ccccc5-6)c4)cc3c12)c1cccc2sc3ccccc3c12)c1cccc2c1sc1ccccc12. The Bertz CT molecular complexity index is 4770. The molecule has 4 nitrogen and oxygen atoms in total. The van der Waals surface area contributed by atoms with Gasteiger partial charge in [-0.3, -0.25) is 4.99 Å². The van der Waals surface area contributed by atoms with E-state index in [0.29, 0.717) is 18.2 Å². The van der Waals surface area contributed by atoms with E-state index in [1.54, 1.807) is 22.7 Å². The lowest BCUT2D eigenvalue weighted by atomic mass is 9.70. The first-order valence-corrected chi connectivity index (χ1v) is 27.4. The van der Waals surface area contributed by atoms with Crippen molar-refractivity contribution in [1.29, 1.82) is 0 Å². The minimum atomic E-state index is -0.401. The van der Waals surface area contributed by atoms with Gasteiger partial charge in [-0.05, 0) is 127 Å². The zero-order chi connectivity index (χ0) is 50.1. The highest BCUT2D eigenvalue weighted by Crippen LogP contribution is 2.63. The van der Waals surface area contributed by atoms with Gasteiger partial charge in [0.05, 0.1) is 12.0 Å². The van der Waals surface area contributed by atoms with E-state index in [2.05, 4.69) is 237 Å². The Morgan fingerprint density at radius 2 is 0.974 bits per heavy atom. The van der Waals surface area contributed by atoms with Crippen molar-refractivity contribution in [3.8, 4) is 44.5 Å². The van der Waals surface area contributed by atoms with Crippen molar-refractivity contribution in [1.82, 2.24) is 0 Å². The molecule has 11 aromatic carbocycles. The monoisotopic (exact) mass is 1010 g/mol.